The van der Waals surface area contributed by atoms with Gasteiger partial charge in [0.25, 0.3) is 0 Å². The van der Waals surface area contributed by atoms with E-state index in [0.717, 1.165) is 13.0 Å². The van der Waals surface area contributed by atoms with Crippen LogP contribution in [0.25, 0.3) is 0 Å². The maximum atomic E-state index is 5.54. The Bertz CT molecular complexity index is 130. The van der Waals surface area contributed by atoms with Gasteiger partial charge in [0, 0.05) is 6.61 Å². The van der Waals surface area contributed by atoms with Gasteiger partial charge in [0.05, 0.1) is 11.6 Å². The molecule has 1 rings (SSSR count). The zero-order valence-corrected chi connectivity index (χ0v) is 8.32. The Balaban J connectivity index is 2.69. The smallest absolute Gasteiger partial charge is 0.0736 e. The van der Waals surface area contributed by atoms with Crippen molar-refractivity contribution in [3.8, 4) is 0 Å². The second-order valence-electron chi connectivity index (χ2n) is 3.60. The van der Waals surface area contributed by atoms with E-state index in [-0.39, 0.29) is 11.6 Å². The van der Waals surface area contributed by atoms with Crippen molar-refractivity contribution in [2.45, 2.75) is 38.8 Å². The standard InChI is InChI=1S/C8H17NOS/c1-6-4-5-10-7(2)8(6,3)9-11/h6-7,9,11H,4-5H2,1-3H3. The Labute approximate surface area is 74.2 Å². The number of thiol groups is 1. The Kier molecular flexibility index (Phi) is 2.84. The summed E-state index contributed by atoms with van der Waals surface area (Å²) in [5.74, 6) is 0.628. The zero-order chi connectivity index (χ0) is 8.48. The molecule has 0 radical (unpaired) electrons. The van der Waals surface area contributed by atoms with E-state index in [1.54, 1.807) is 0 Å². The molecule has 3 heteroatoms. The third-order valence-electron chi connectivity index (χ3n) is 3.03. The van der Waals surface area contributed by atoms with Crippen molar-refractivity contribution in [1.29, 1.82) is 0 Å². The highest BCUT2D eigenvalue weighted by Gasteiger charge is 2.39. The molecule has 11 heavy (non-hydrogen) atoms. The molecule has 1 aliphatic heterocycles. The lowest BCUT2D eigenvalue weighted by molar-refractivity contribution is -0.0561. The molecule has 0 aromatic carbocycles. The molecular formula is C8H17NOS. The predicted octanol–water partition coefficient (Wildman–Crippen LogP) is 1.62. The Morgan fingerprint density at radius 1 is 1.55 bits per heavy atom. The number of rotatable bonds is 1. The minimum atomic E-state index is 0.0291. The van der Waals surface area contributed by atoms with Gasteiger partial charge in [0.15, 0.2) is 0 Å². The SMILES string of the molecule is CC1CCOC(C)C1(C)NS. The predicted molar refractivity (Wildman–Crippen MR) is 49.7 cm³/mol. The molecule has 1 fully saturated rings. The molecular weight excluding hydrogens is 158 g/mol. The Morgan fingerprint density at radius 2 is 2.18 bits per heavy atom. The molecule has 0 aromatic heterocycles. The van der Waals surface area contributed by atoms with E-state index in [9.17, 15) is 0 Å². The van der Waals surface area contributed by atoms with E-state index in [1.807, 2.05) is 0 Å². The van der Waals surface area contributed by atoms with Gasteiger partial charge in [-0.2, -0.15) is 0 Å². The highest BCUT2D eigenvalue weighted by atomic mass is 32.1. The second kappa shape index (κ2) is 3.33. The van der Waals surface area contributed by atoms with Crippen molar-refractivity contribution >= 4 is 12.8 Å². The fourth-order valence-corrected chi connectivity index (χ4v) is 1.90. The molecule has 1 aliphatic rings. The molecule has 0 amide bonds. The van der Waals surface area contributed by atoms with Crippen molar-refractivity contribution in [2.24, 2.45) is 5.92 Å². The first-order valence-corrected chi connectivity index (χ1v) is 4.59. The summed E-state index contributed by atoms with van der Waals surface area (Å²) in [6, 6.07) is 0. The van der Waals surface area contributed by atoms with E-state index in [1.165, 1.54) is 0 Å². The molecule has 0 bridgehead atoms. The molecule has 0 saturated carbocycles. The van der Waals surface area contributed by atoms with Crippen molar-refractivity contribution in [3.63, 3.8) is 0 Å². The van der Waals surface area contributed by atoms with Crippen LogP contribution >= 0.6 is 12.8 Å². The van der Waals surface area contributed by atoms with Crippen LogP contribution in [0.15, 0.2) is 0 Å². The Hall–Kier alpha value is 0.270. The summed E-state index contributed by atoms with van der Waals surface area (Å²) in [6.07, 6.45) is 1.37. The van der Waals surface area contributed by atoms with Crippen LogP contribution in [0.4, 0.5) is 0 Å². The van der Waals surface area contributed by atoms with Crippen LogP contribution in [0.2, 0.25) is 0 Å². The van der Waals surface area contributed by atoms with Gasteiger partial charge in [-0.25, -0.2) is 0 Å². The minimum absolute atomic E-state index is 0.0291. The van der Waals surface area contributed by atoms with Crippen molar-refractivity contribution in [2.75, 3.05) is 6.61 Å². The van der Waals surface area contributed by atoms with E-state index in [2.05, 4.69) is 38.3 Å². The van der Waals surface area contributed by atoms with Crippen molar-refractivity contribution in [3.05, 3.63) is 0 Å². The average Bonchev–Trinajstić information content (AvgIpc) is 2.00. The van der Waals surface area contributed by atoms with Crippen LogP contribution in [0, 0.1) is 5.92 Å². The van der Waals surface area contributed by atoms with Gasteiger partial charge < -0.3 is 4.74 Å². The number of nitrogens with one attached hydrogen (secondary N) is 1. The first-order valence-electron chi connectivity index (χ1n) is 4.14. The third kappa shape index (κ3) is 1.55. The fourth-order valence-electron chi connectivity index (χ4n) is 1.50. The lowest BCUT2D eigenvalue weighted by Crippen LogP contribution is -2.56. The van der Waals surface area contributed by atoms with Gasteiger partial charge in [0.2, 0.25) is 0 Å². The minimum Gasteiger partial charge on any atom is -0.377 e. The van der Waals surface area contributed by atoms with Crippen LogP contribution in [0.5, 0.6) is 0 Å². The van der Waals surface area contributed by atoms with Crippen LogP contribution in [0.1, 0.15) is 27.2 Å². The third-order valence-corrected chi connectivity index (χ3v) is 3.51. The quantitative estimate of drug-likeness (QED) is 0.591. The first-order chi connectivity index (χ1) is 5.11. The number of ether oxygens (including phenoxy) is 1. The van der Waals surface area contributed by atoms with E-state index in [4.69, 9.17) is 4.74 Å². The van der Waals surface area contributed by atoms with E-state index >= 15 is 0 Å². The summed E-state index contributed by atoms with van der Waals surface area (Å²) in [5.41, 5.74) is 0.0291. The molecule has 0 aromatic rings. The maximum absolute atomic E-state index is 5.54. The lowest BCUT2D eigenvalue weighted by Gasteiger charge is -2.43. The van der Waals surface area contributed by atoms with E-state index < -0.39 is 0 Å². The summed E-state index contributed by atoms with van der Waals surface area (Å²) in [4.78, 5) is 0. The molecule has 0 aliphatic carbocycles. The Morgan fingerprint density at radius 3 is 2.55 bits per heavy atom. The van der Waals surface area contributed by atoms with Gasteiger partial charge in [-0.3, -0.25) is 4.72 Å². The van der Waals surface area contributed by atoms with Crippen molar-refractivity contribution in [1.82, 2.24) is 4.72 Å². The molecule has 66 valence electrons. The van der Waals surface area contributed by atoms with Gasteiger partial charge >= 0.3 is 0 Å². The normalized spacial score (nSPS) is 45.8. The van der Waals surface area contributed by atoms with E-state index in [0.29, 0.717) is 5.92 Å². The first kappa shape index (κ1) is 9.36. The molecule has 2 nitrogen and oxygen atoms in total. The van der Waals surface area contributed by atoms with Gasteiger partial charge in [-0.1, -0.05) is 19.7 Å². The monoisotopic (exact) mass is 175 g/mol. The molecule has 3 unspecified atom stereocenters. The highest BCUT2D eigenvalue weighted by molar-refractivity contribution is 7.78. The van der Waals surface area contributed by atoms with Crippen LogP contribution in [-0.2, 0) is 4.74 Å². The average molecular weight is 175 g/mol. The summed E-state index contributed by atoms with van der Waals surface area (Å²) >= 11 is 4.14. The van der Waals surface area contributed by atoms with Crippen LogP contribution < -0.4 is 4.72 Å². The molecule has 1 heterocycles. The summed E-state index contributed by atoms with van der Waals surface area (Å²) in [5, 5.41) is 0. The lowest BCUT2D eigenvalue weighted by atomic mass is 9.80. The zero-order valence-electron chi connectivity index (χ0n) is 7.42. The highest BCUT2D eigenvalue weighted by Crippen LogP contribution is 2.30. The number of hydrogen-bond donors (Lipinski definition) is 2. The summed E-state index contributed by atoms with van der Waals surface area (Å²) < 4.78 is 8.59. The maximum Gasteiger partial charge on any atom is 0.0736 e. The van der Waals surface area contributed by atoms with Gasteiger partial charge in [-0.05, 0) is 26.2 Å². The number of hydrogen-bond acceptors (Lipinski definition) is 3. The molecule has 1 N–H and O–H groups in total. The van der Waals surface area contributed by atoms with Crippen LogP contribution in [0.3, 0.4) is 0 Å². The fraction of sp³-hybridized carbons (Fsp3) is 1.00. The largest absolute Gasteiger partial charge is 0.377 e. The second-order valence-corrected chi connectivity index (χ2v) is 3.82. The van der Waals surface area contributed by atoms with Gasteiger partial charge in [0.1, 0.15) is 0 Å². The van der Waals surface area contributed by atoms with Crippen molar-refractivity contribution < 1.29 is 4.74 Å². The van der Waals surface area contributed by atoms with Crippen LogP contribution in [-0.4, -0.2) is 18.2 Å². The molecule has 0 spiro atoms. The molecule has 1 saturated heterocycles. The van der Waals surface area contributed by atoms with Gasteiger partial charge in [-0.15, -0.1) is 0 Å². The topological polar surface area (TPSA) is 21.3 Å². The summed E-state index contributed by atoms with van der Waals surface area (Å²) in [7, 11) is 0. The summed E-state index contributed by atoms with van der Waals surface area (Å²) in [6.45, 7) is 7.38. The molecule has 3 atom stereocenters.